The molecule has 2 rings (SSSR count). The maximum absolute atomic E-state index is 11.9. The van der Waals surface area contributed by atoms with Crippen molar-refractivity contribution in [2.75, 3.05) is 52.6 Å². The van der Waals surface area contributed by atoms with Gasteiger partial charge in [0.05, 0.1) is 13.2 Å². The van der Waals surface area contributed by atoms with Gasteiger partial charge in [0.25, 0.3) is 0 Å². The van der Waals surface area contributed by atoms with Crippen LogP contribution in [-0.4, -0.2) is 86.8 Å². The van der Waals surface area contributed by atoms with E-state index >= 15 is 0 Å². The van der Waals surface area contributed by atoms with E-state index in [4.69, 9.17) is 18.9 Å². The largest absolute Gasteiger partial charge is 0.464 e. The average Bonchev–Trinajstić information content (AvgIpc) is 3.31. The monoisotopic (exact) mass is 414 g/mol. The van der Waals surface area contributed by atoms with E-state index in [2.05, 4.69) is 37.5 Å². The molecule has 2 aliphatic rings. The van der Waals surface area contributed by atoms with E-state index in [1.807, 2.05) is 0 Å². The maximum atomic E-state index is 11.9. The Bertz CT molecular complexity index is 469. The Balaban J connectivity index is 1.49. The normalized spacial score (nSPS) is 23.2. The molecule has 2 heterocycles. The Labute approximate surface area is 174 Å². The summed E-state index contributed by atoms with van der Waals surface area (Å²) in [7, 11) is 0. The molecule has 0 amide bonds. The van der Waals surface area contributed by atoms with Crippen molar-refractivity contribution in [3.8, 4) is 0 Å². The molecule has 0 N–H and O–H groups in total. The summed E-state index contributed by atoms with van der Waals surface area (Å²) in [4.78, 5) is 28.1. The molecular weight excluding hydrogens is 376 g/mol. The zero-order valence-electron chi connectivity index (χ0n) is 18.4. The molecule has 0 bridgehead atoms. The van der Waals surface area contributed by atoms with E-state index < -0.39 is 0 Å². The summed E-state index contributed by atoms with van der Waals surface area (Å²) >= 11 is 0. The van der Waals surface area contributed by atoms with Crippen LogP contribution < -0.4 is 0 Å². The lowest BCUT2D eigenvalue weighted by Gasteiger charge is -2.25. The molecule has 0 aromatic heterocycles. The molecule has 2 aliphatic heterocycles. The summed E-state index contributed by atoms with van der Waals surface area (Å²) < 4.78 is 21.9. The van der Waals surface area contributed by atoms with Crippen molar-refractivity contribution in [2.45, 2.75) is 59.4 Å². The summed E-state index contributed by atoms with van der Waals surface area (Å²) in [5, 5.41) is 0. The quantitative estimate of drug-likeness (QED) is 0.448. The van der Waals surface area contributed by atoms with Gasteiger partial charge in [-0.15, -0.1) is 0 Å². The number of nitrogens with zero attached hydrogens (tertiary/aromatic N) is 2. The minimum Gasteiger partial charge on any atom is -0.464 e. The van der Waals surface area contributed by atoms with Gasteiger partial charge in [0.2, 0.25) is 0 Å². The molecule has 8 heteroatoms. The fraction of sp³-hybridized carbons (Fsp3) is 0.905. The first-order valence-electron chi connectivity index (χ1n) is 10.9. The van der Waals surface area contributed by atoms with Crippen LogP contribution >= 0.6 is 0 Å². The van der Waals surface area contributed by atoms with Gasteiger partial charge in [-0.3, -0.25) is 19.4 Å². The number of carbonyl (C=O) groups is 2. The molecular formula is C21H38N2O6. The number of rotatable bonds is 12. The smallest absolute Gasteiger partial charge is 0.305 e. The molecule has 0 aromatic carbocycles. The molecule has 2 saturated heterocycles. The van der Waals surface area contributed by atoms with Gasteiger partial charge >= 0.3 is 11.9 Å². The van der Waals surface area contributed by atoms with Crippen molar-refractivity contribution in [3.05, 3.63) is 0 Å². The first-order chi connectivity index (χ1) is 13.9. The maximum Gasteiger partial charge on any atom is 0.305 e. The van der Waals surface area contributed by atoms with Crippen LogP contribution in [0, 0.1) is 11.8 Å². The fourth-order valence-electron chi connectivity index (χ4n) is 3.83. The molecule has 0 radical (unpaired) electrons. The minimum atomic E-state index is -0.270. The average molecular weight is 415 g/mol. The molecule has 2 fully saturated rings. The van der Waals surface area contributed by atoms with E-state index in [-0.39, 0.29) is 37.2 Å². The van der Waals surface area contributed by atoms with Crippen LogP contribution in [0.1, 0.15) is 47.0 Å². The summed E-state index contributed by atoms with van der Waals surface area (Å²) in [5.74, 6) is 0.281. The zero-order valence-corrected chi connectivity index (χ0v) is 18.4. The number of hydrogen-bond donors (Lipinski definition) is 0. The number of carbonyl (C=O) groups excluding carboxylic acids is 2. The van der Waals surface area contributed by atoms with Crippen LogP contribution in [0.25, 0.3) is 0 Å². The topological polar surface area (TPSA) is 77.5 Å². The van der Waals surface area contributed by atoms with Crippen LogP contribution in [0.4, 0.5) is 0 Å². The standard InChI is InChI=1S/C21H38N2O6/c1-16(2)20-22(10-14-28-20)8-12-26-18(24)6-5-7-19(25)27-13-9-23-11-15-29-21(23)17(3)4/h16-17,20-21H,5-15H2,1-4H3. The van der Waals surface area contributed by atoms with Gasteiger partial charge in [0.1, 0.15) is 25.7 Å². The molecule has 0 aliphatic carbocycles. The van der Waals surface area contributed by atoms with Crippen molar-refractivity contribution >= 4 is 11.9 Å². The highest BCUT2D eigenvalue weighted by Gasteiger charge is 2.28. The number of ether oxygens (including phenoxy) is 4. The Morgan fingerprint density at radius 1 is 0.828 bits per heavy atom. The third-order valence-corrected chi connectivity index (χ3v) is 5.24. The highest BCUT2D eigenvalue weighted by molar-refractivity contribution is 5.72. The van der Waals surface area contributed by atoms with Crippen molar-refractivity contribution < 1.29 is 28.5 Å². The second-order valence-electron chi connectivity index (χ2n) is 8.38. The van der Waals surface area contributed by atoms with Crippen LogP contribution in [-0.2, 0) is 28.5 Å². The molecule has 2 unspecified atom stereocenters. The molecule has 0 spiro atoms. The van der Waals surface area contributed by atoms with Crippen LogP contribution in [0.3, 0.4) is 0 Å². The second kappa shape index (κ2) is 12.5. The molecule has 168 valence electrons. The Morgan fingerprint density at radius 3 is 1.62 bits per heavy atom. The predicted octanol–water partition coefficient (Wildman–Crippen LogP) is 1.87. The Morgan fingerprint density at radius 2 is 1.24 bits per heavy atom. The Hall–Kier alpha value is -1.22. The summed E-state index contributed by atoms with van der Waals surface area (Å²) in [6, 6.07) is 0. The van der Waals surface area contributed by atoms with E-state index in [1.54, 1.807) is 0 Å². The van der Waals surface area contributed by atoms with Gasteiger partial charge in [-0.2, -0.15) is 0 Å². The molecule has 29 heavy (non-hydrogen) atoms. The third-order valence-electron chi connectivity index (χ3n) is 5.24. The lowest BCUT2D eigenvalue weighted by atomic mass is 10.2. The lowest BCUT2D eigenvalue weighted by Crippen LogP contribution is -2.37. The highest BCUT2D eigenvalue weighted by atomic mass is 16.5. The second-order valence-corrected chi connectivity index (χ2v) is 8.38. The van der Waals surface area contributed by atoms with Gasteiger partial charge in [0, 0.05) is 39.0 Å². The minimum absolute atomic E-state index is 0.103. The zero-order chi connectivity index (χ0) is 21.2. The third kappa shape index (κ3) is 8.20. The van der Waals surface area contributed by atoms with Crippen molar-refractivity contribution in [3.63, 3.8) is 0 Å². The summed E-state index contributed by atoms with van der Waals surface area (Å²) in [6.07, 6.45) is 1.11. The van der Waals surface area contributed by atoms with Gasteiger partial charge in [0.15, 0.2) is 0 Å². The van der Waals surface area contributed by atoms with Crippen LogP contribution in [0.5, 0.6) is 0 Å². The first-order valence-corrected chi connectivity index (χ1v) is 10.9. The molecule has 8 nitrogen and oxygen atoms in total. The number of hydrogen-bond acceptors (Lipinski definition) is 8. The first kappa shape index (κ1) is 24.1. The van der Waals surface area contributed by atoms with Gasteiger partial charge in [-0.1, -0.05) is 27.7 Å². The predicted molar refractivity (Wildman–Crippen MR) is 108 cm³/mol. The van der Waals surface area contributed by atoms with E-state index in [0.29, 0.717) is 44.6 Å². The SMILES string of the molecule is CC(C)C1OCCN1CCOC(=O)CCCC(=O)OCCN1CCOC1C(C)C. The molecule has 0 aromatic rings. The lowest BCUT2D eigenvalue weighted by molar-refractivity contribution is -0.146. The van der Waals surface area contributed by atoms with E-state index in [1.165, 1.54) is 0 Å². The fourth-order valence-corrected chi connectivity index (χ4v) is 3.83. The van der Waals surface area contributed by atoms with Crippen molar-refractivity contribution in [1.82, 2.24) is 9.80 Å². The van der Waals surface area contributed by atoms with E-state index in [0.717, 1.165) is 26.3 Å². The summed E-state index contributed by atoms with van der Waals surface area (Å²) in [5.41, 5.74) is 0. The van der Waals surface area contributed by atoms with Crippen molar-refractivity contribution in [2.24, 2.45) is 11.8 Å². The molecule has 2 atom stereocenters. The van der Waals surface area contributed by atoms with Gasteiger partial charge in [-0.25, -0.2) is 0 Å². The molecule has 0 saturated carbocycles. The van der Waals surface area contributed by atoms with Gasteiger partial charge < -0.3 is 18.9 Å². The van der Waals surface area contributed by atoms with Crippen molar-refractivity contribution in [1.29, 1.82) is 0 Å². The van der Waals surface area contributed by atoms with Crippen LogP contribution in [0.2, 0.25) is 0 Å². The Kier molecular flexibility index (Phi) is 10.3. The highest BCUT2D eigenvalue weighted by Crippen LogP contribution is 2.18. The van der Waals surface area contributed by atoms with Crippen LogP contribution in [0.15, 0.2) is 0 Å². The van der Waals surface area contributed by atoms with Gasteiger partial charge in [-0.05, 0) is 18.3 Å². The number of esters is 2. The van der Waals surface area contributed by atoms with E-state index in [9.17, 15) is 9.59 Å². The summed E-state index contributed by atoms with van der Waals surface area (Å²) in [6.45, 7) is 13.7.